The average Bonchev–Trinajstić information content (AvgIpc) is 3.57. The van der Waals surface area contributed by atoms with Crippen LogP contribution in [0.4, 0.5) is 17.6 Å². The van der Waals surface area contributed by atoms with E-state index in [2.05, 4.69) is 19.9 Å². The Morgan fingerprint density at radius 2 is 1.76 bits per heavy atom. The fraction of sp³-hybridized carbons (Fsp3) is 0.382. The third-order valence-corrected chi connectivity index (χ3v) is 9.34. The molecule has 0 unspecified atom stereocenters. The van der Waals surface area contributed by atoms with E-state index in [0.29, 0.717) is 22.4 Å². The van der Waals surface area contributed by atoms with Gasteiger partial charge in [0.05, 0.1) is 13.0 Å². The molecule has 3 aliphatic rings. The summed E-state index contributed by atoms with van der Waals surface area (Å²) in [7, 11) is 1.52. The van der Waals surface area contributed by atoms with Gasteiger partial charge in [-0.05, 0) is 89.8 Å². The SMILES string of the molecule is COc1ccc(F)c(-c2ccc(COc3ccc4c(c3F)[C@]3(CCC4(F)F)C[C@H]3C(=O)O)cc2C2=CCCC2(C)C)c1. The molecule has 3 aromatic carbocycles. The molecule has 2 atom stereocenters. The smallest absolute Gasteiger partial charge is 0.307 e. The number of fused-ring (bicyclic) bond motifs is 2. The van der Waals surface area contributed by atoms with Crippen molar-refractivity contribution >= 4 is 11.5 Å². The first-order valence-electron chi connectivity index (χ1n) is 14.1. The molecule has 3 aliphatic carbocycles. The predicted molar refractivity (Wildman–Crippen MR) is 151 cm³/mol. The van der Waals surface area contributed by atoms with Crippen LogP contribution in [0.5, 0.6) is 11.5 Å². The van der Waals surface area contributed by atoms with Gasteiger partial charge in [0.1, 0.15) is 18.2 Å². The Balaban J connectivity index is 1.36. The zero-order valence-corrected chi connectivity index (χ0v) is 23.7. The van der Waals surface area contributed by atoms with Crippen LogP contribution >= 0.6 is 0 Å². The van der Waals surface area contributed by atoms with Crippen molar-refractivity contribution in [2.24, 2.45) is 11.3 Å². The molecule has 0 radical (unpaired) electrons. The molecular formula is C34H32F4O4. The van der Waals surface area contributed by atoms with Crippen LogP contribution in [0.1, 0.15) is 68.2 Å². The Labute approximate surface area is 242 Å². The fourth-order valence-electron chi connectivity index (χ4n) is 6.88. The Morgan fingerprint density at radius 3 is 2.43 bits per heavy atom. The van der Waals surface area contributed by atoms with Gasteiger partial charge in [0.25, 0.3) is 5.92 Å². The summed E-state index contributed by atoms with van der Waals surface area (Å²) in [5, 5.41) is 9.57. The average molecular weight is 581 g/mol. The molecule has 0 aromatic heterocycles. The number of rotatable bonds is 7. The lowest BCUT2D eigenvalue weighted by molar-refractivity contribution is -0.139. The van der Waals surface area contributed by atoms with E-state index in [-0.39, 0.29) is 42.0 Å². The Kier molecular flexibility index (Phi) is 6.67. The molecule has 3 aromatic rings. The first kappa shape index (κ1) is 28.3. The second kappa shape index (κ2) is 9.89. The second-order valence-corrected chi connectivity index (χ2v) is 12.3. The Hall–Kier alpha value is -3.81. The first-order chi connectivity index (χ1) is 19.9. The van der Waals surface area contributed by atoms with E-state index in [4.69, 9.17) is 9.47 Å². The summed E-state index contributed by atoms with van der Waals surface area (Å²) in [5.74, 6) is -6.24. The van der Waals surface area contributed by atoms with Crippen LogP contribution in [0.2, 0.25) is 0 Å². The number of carboxylic acid groups (broad SMARTS) is 1. The van der Waals surface area contributed by atoms with Gasteiger partial charge >= 0.3 is 5.97 Å². The van der Waals surface area contributed by atoms with Crippen LogP contribution in [-0.4, -0.2) is 18.2 Å². The zero-order chi connectivity index (χ0) is 30.0. The van der Waals surface area contributed by atoms with E-state index in [1.54, 1.807) is 18.2 Å². The number of ether oxygens (including phenoxy) is 2. The summed E-state index contributed by atoms with van der Waals surface area (Å²) in [6, 6.07) is 12.4. The molecule has 0 amide bonds. The van der Waals surface area contributed by atoms with Crippen molar-refractivity contribution < 1.29 is 36.9 Å². The lowest BCUT2D eigenvalue weighted by Gasteiger charge is -2.33. The minimum Gasteiger partial charge on any atom is -0.497 e. The standard InChI is InChI=1S/C34H32F4O4/c1-32(2)12-4-5-24(32)22-15-19(6-8-21(22)23-16-20(41-3)7-10-27(23)35)18-42-28-11-9-25-29(30(28)36)33(13-14-34(25,37)38)17-26(33)31(39)40/h5-11,15-16,26H,4,12-14,17-18H2,1-3H3,(H,39,40)/t26-,33+/m0/s1. The molecule has 42 heavy (non-hydrogen) atoms. The number of methoxy groups -OCH3 is 1. The molecule has 0 bridgehead atoms. The summed E-state index contributed by atoms with van der Waals surface area (Å²) in [4.78, 5) is 11.7. The van der Waals surface area contributed by atoms with Gasteiger partial charge in [-0.1, -0.05) is 32.1 Å². The lowest BCUT2D eigenvalue weighted by Crippen LogP contribution is -2.31. The third kappa shape index (κ3) is 4.56. The van der Waals surface area contributed by atoms with Crippen molar-refractivity contribution in [3.63, 3.8) is 0 Å². The Morgan fingerprint density at radius 1 is 0.976 bits per heavy atom. The molecule has 0 heterocycles. The van der Waals surface area contributed by atoms with E-state index >= 15 is 8.78 Å². The van der Waals surface area contributed by atoms with E-state index in [0.717, 1.165) is 30.0 Å². The predicted octanol–water partition coefficient (Wildman–Crippen LogP) is 8.65. The number of allylic oxidation sites excluding steroid dienone is 2. The molecule has 0 saturated heterocycles. The van der Waals surface area contributed by atoms with Crippen molar-refractivity contribution in [3.8, 4) is 22.6 Å². The number of hydrogen-bond donors (Lipinski definition) is 1. The van der Waals surface area contributed by atoms with Crippen molar-refractivity contribution in [3.05, 3.63) is 88.5 Å². The van der Waals surface area contributed by atoms with Crippen molar-refractivity contribution in [1.29, 1.82) is 0 Å². The highest BCUT2D eigenvalue weighted by atomic mass is 19.3. The summed E-state index contributed by atoms with van der Waals surface area (Å²) in [5.41, 5.74) is 1.69. The number of benzene rings is 3. The maximum absolute atomic E-state index is 15.9. The number of carboxylic acids is 1. The highest BCUT2D eigenvalue weighted by Crippen LogP contribution is 2.65. The van der Waals surface area contributed by atoms with Crippen molar-refractivity contribution in [1.82, 2.24) is 0 Å². The first-order valence-corrected chi connectivity index (χ1v) is 14.1. The zero-order valence-electron chi connectivity index (χ0n) is 23.7. The maximum Gasteiger partial charge on any atom is 0.307 e. The van der Waals surface area contributed by atoms with Crippen LogP contribution in [0.25, 0.3) is 16.7 Å². The quantitative estimate of drug-likeness (QED) is 0.284. The molecule has 1 fully saturated rings. The minimum absolute atomic E-state index is 0.0664. The number of carbonyl (C=O) groups is 1. The van der Waals surface area contributed by atoms with Gasteiger partial charge < -0.3 is 14.6 Å². The van der Waals surface area contributed by atoms with Crippen molar-refractivity contribution in [2.75, 3.05) is 7.11 Å². The van der Waals surface area contributed by atoms with Gasteiger partial charge in [0, 0.05) is 28.5 Å². The number of aliphatic carboxylic acids is 1. The van der Waals surface area contributed by atoms with Gasteiger partial charge in [-0.25, -0.2) is 17.6 Å². The van der Waals surface area contributed by atoms with Crippen LogP contribution in [0.3, 0.4) is 0 Å². The highest BCUT2D eigenvalue weighted by molar-refractivity contribution is 5.85. The highest BCUT2D eigenvalue weighted by Gasteiger charge is 2.65. The number of hydrogen-bond acceptors (Lipinski definition) is 3. The van der Waals surface area contributed by atoms with Crippen LogP contribution in [0, 0.1) is 23.0 Å². The second-order valence-electron chi connectivity index (χ2n) is 12.3. The van der Waals surface area contributed by atoms with Crippen LogP contribution < -0.4 is 9.47 Å². The summed E-state index contributed by atoms with van der Waals surface area (Å²) < 4.78 is 71.7. The van der Waals surface area contributed by atoms with Gasteiger partial charge in [-0.15, -0.1) is 0 Å². The molecule has 4 nitrogen and oxygen atoms in total. The molecule has 1 saturated carbocycles. The molecule has 220 valence electrons. The Bertz CT molecular complexity index is 1630. The summed E-state index contributed by atoms with van der Waals surface area (Å²) >= 11 is 0. The van der Waals surface area contributed by atoms with Gasteiger partial charge in [0.2, 0.25) is 0 Å². The molecule has 1 spiro atoms. The molecule has 0 aliphatic heterocycles. The molecule has 6 rings (SSSR count). The summed E-state index contributed by atoms with van der Waals surface area (Å²) in [6.07, 6.45) is 3.49. The van der Waals surface area contributed by atoms with E-state index < -0.39 is 41.0 Å². The largest absolute Gasteiger partial charge is 0.497 e. The van der Waals surface area contributed by atoms with E-state index in [9.17, 15) is 18.7 Å². The fourth-order valence-corrected chi connectivity index (χ4v) is 6.88. The minimum atomic E-state index is -3.24. The summed E-state index contributed by atoms with van der Waals surface area (Å²) in [6.45, 7) is 4.21. The third-order valence-electron chi connectivity index (χ3n) is 9.34. The van der Waals surface area contributed by atoms with Crippen molar-refractivity contribution in [2.45, 2.75) is 63.9 Å². The van der Waals surface area contributed by atoms with Crippen LogP contribution in [-0.2, 0) is 22.7 Å². The lowest BCUT2D eigenvalue weighted by atomic mass is 9.76. The van der Waals surface area contributed by atoms with E-state index in [1.165, 1.54) is 19.2 Å². The number of alkyl halides is 2. The molecule has 1 N–H and O–H groups in total. The molecular weight excluding hydrogens is 548 g/mol. The van der Waals surface area contributed by atoms with Crippen LogP contribution in [0.15, 0.2) is 54.6 Å². The number of halogens is 4. The normalized spacial score (nSPS) is 23.3. The topological polar surface area (TPSA) is 55.8 Å². The maximum atomic E-state index is 15.9. The monoisotopic (exact) mass is 580 g/mol. The molecule has 8 heteroatoms. The van der Waals surface area contributed by atoms with Gasteiger partial charge in [-0.3, -0.25) is 4.79 Å². The van der Waals surface area contributed by atoms with Gasteiger partial charge in [0.15, 0.2) is 11.6 Å². The van der Waals surface area contributed by atoms with E-state index in [1.807, 2.05) is 12.1 Å². The van der Waals surface area contributed by atoms with Gasteiger partial charge in [-0.2, -0.15) is 0 Å².